The van der Waals surface area contributed by atoms with Crippen molar-refractivity contribution in [3.63, 3.8) is 0 Å². The molecule has 0 aliphatic heterocycles. The quantitative estimate of drug-likeness (QED) is 0.599. The first-order chi connectivity index (χ1) is 11.0. The van der Waals surface area contributed by atoms with Crippen LogP contribution in [0.3, 0.4) is 0 Å². The van der Waals surface area contributed by atoms with E-state index in [2.05, 4.69) is 0 Å². The summed E-state index contributed by atoms with van der Waals surface area (Å²) in [4.78, 5) is 35.6. The van der Waals surface area contributed by atoms with E-state index in [-0.39, 0.29) is 17.9 Å². The maximum Gasteiger partial charge on any atom is 0.326 e. The summed E-state index contributed by atoms with van der Waals surface area (Å²) < 4.78 is 11.3. The van der Waals surface area contributed by atoms with E-state index in [0.717, 1.165) is 0 Å². The number of nitrogens with zero attached hydrogens (tertiary/aromatic N) is 1. The molecule has 0 aliphatic rings. The maximum absolute atomic E-state index is 12.2. The summed E-state index contributed by atoms with van der Waals surface area (Å²) >= 11 is 0. The van der Waals surface area contributed by atoms with E-state index in [1.165, 1.54) is 30.9 Å². The summed E-state index contributed by atoms with van der Waals surface area (Å²) in [6, 6.07) is 11.1. The lowest BCUT2D eigenvalue weighted by Crippen LogP contribution is -2.29. The predicted molar refractivity (Wildman–Crippen MR) is 83.6 cm³/mol. The van der Waals surface area contributed by atoms with Gasteiger partial charge in [0.25, 0.3) is 5.56 Å². The summed E-state index contributed by atoms with van der Waals surface area (Å²) in [5.41, 5.74) is 0.113. The topological polar surface area (TPSA) is 74.6 Å². The van der Waals surface area contributed by atoms with Crippen molar-refractivity contribution < 1.29 is 19.1 Å². The number of hydrogen-bond donors (Lipinski definition) is 0. The molecule has 0 N–H and O–H groups in total. The minimum atomic E-state index is -0.935. The molecule has 2 aromatic rings. The van der Waals surface area contributed by atoms with Gasteiger partial charge in [-0.25, -0.2) is 0 Å². The van der Waals surface area contributed by atoms with Gasteiger partial charge in [-0.3, -0.25) is 14.4 Å². The second kappa shape index (κ2) is 7.40. The Hall–Kier alpha value is -2.89. The van der Waals surface area contributed by atoms with Crippen LogP contribution >= 0.6 is 0 Å². The largest absolute Gasteiger partial charge is 0.497 e. The van der Waals surface area contributed by atoms with Gasteiger partial charge in [0.1, 0.15) is 12.3 Å². The highest BCUT2D eigenvalue weighted by molar-refractivity contribution is 6.00. The Morgan fingerprint density at radius 1 is 1.13 bits per heavy atom. The second-order valence-electron chi connectivity index (χ2n) is 4.89. The number of carbonyl (C=O) groups is 2. The van der Waals surface area contributed by atoms with Crippen LogP contribution in [0.5, 0.6) is 5.75 Å². The van der Waals surface area contributed by atoms with Gasteiger partial charge in [0, 0.05) is 17.8 Å². The van der Waals surface area contributed by atoms with Gasteiger partial charge in [0.05, 0.1) is 7.11 Å². The Morgan fingerprint density at radius 3 is 2.43 bits per heavy atom. The van der Waals surface area contributed by atoms with E-state index in [1.54, 1.807) is 36.4 Å². The van der Waals surface area contributed by atoms with Crippen LogP contribution in [0.4, 0.5) is 0 Å². The molecule has 0 aliphatic carbocycles. The van der Waals surface area contributed by atoms with E-state index in [9.17, 15) is 14.4 Å². The van der Waals surface area contributed by atoms with Gasteiger partial charge in [0.15, 0.2) is 6.10 Å². The molecule has 0 bridgehead atoms. The van der Waals surface area contributed by atoms with Gasteiger partial charge in [-0.05, 0) is 37.3 Å². The normalized spacial score (nSPS) is 11.6. The third-order valence-electron chi connectivity index (χ3n) is 3.25. The molecule has 1 aromatic heterocycles. The fourth-order valence-corrected chi connectivity index (χ4v) is 2.01. The Kier molecular flexibility index (Phi) is 5.30. The lowest BCUT2D eigenvalue weighted by Gasteiger charge is -2.13. The molecule has 1 atom stereocenters. The van der Waals surface area contributed by atoms with Crippen molar-refractivity contribution in [1.82, 2.24) is 4.57 Å². The first kappa shape index (κ1) is 16.5. The van der Waals surface area contributed by atoms with Crippen molar-refractivity contribution in [2.75, 3.05) is 7.11 Å². The number of benzene rings is 1. The molecular weight excluding hydrogens is 298 g/mol. The van der Waals surface area contributed by atoms with E-state index in [1.807, 2.05) is 0 Å². The van der Waals surface area contributed by atoms with E-state index in [0.29, 0.717) is 11.3 Å². The third kappa shape index (κ3) is 4.29. The van der Waals surface area contributed by atoms with Crippen LogP contribution in [0.25, 0.3) is 0 Å². The highest BCUT2D eigenvalue weighted by atomic mass is 16.5. The van der Waals surface area contributed by atoms with Gasteiger partial charge in [-0.2, -0.15) is 0 Å². The molecule has 23 heavy (non-hydrogen) atoms. The average Bonchev–Trinajstić information content (AvgIpc) is 2.56. The minimum Gasteiger partial charge on any atom is -0.497 e. The number of rotatable bonds is 6. The second-order valence-corrected chi connectivity index (χ2v) is 4.89. The van der Waals surface area contributed by atoms with Crippen LogP contribution in [0.1, 0.15) is 17.3 Å². The lowest BCUT2D eigenvalue weighted by molar-refractivity contribution is -0.147. The van der Waals surface area contributed by atoms with Crippen molar-refractivity contribution in [2.45, 2.75) is 19.6 Å². The van der Waals surface area contributed by atoms with Crippen LogP contribution in [0.2, 0.25) is 0 Å². The van der Waals surface area contributed by atoms with Gasteiger partial charge in [-0.1, -0.05) is 6.07 Å². The van der Waals surface area contributed by atoms with Crippen LogP contribution < -0.4 is 10.3 Å². The lowest BCUT2D eigenvalue weighted by atomic mass is 10.1. The van der Waals surface area contributed by atoms with Crippen LogP contribution in [-0.2, 0) is 16.1 Å². The summed E-state index contributed by atoms with van der Waals surface area (Å²) in [5.74, 6) is -0.330. The molecule has 0 radical (unpaired) electrons. The molecule has 1 heterocycles. The minimum absolute atomic E-state index is 0.236. The number of pyridine rings is 1. The van der Waals surface area contributed by atoms with E-state index in [4.69, 9.17) is 9.47 Å². The van der Waals surface area contributed by atoms with Gasteiger partial charge in [0.2, 0.25) is 5.78 Å². The van der Waals surface area contributed by atoms with Gasteiger partial charge < -0.3 is 14.0 Å². The number of esters is 1. The summed E-state index contributed by atoms with van der Waals surface area (Å²) in [6.07, 6.45) is 0.551. The van der Waals surface area contributed by atoms with Crippen LogP contribution in [0.15, 0.2) is 53.5 Å². The molecule has 2 rings (SSSR count). The molecule has 120 valence electrons. The molecule has 6 heteroatoms. The molecule has 0 saturated carbocycles. The zero-order valence-corrected chi connectivity index (χ0v) is 12.9. The summed E-state index contributed by atoms with van der Waals surface area (Å²) in [5, 5.41) is 0. The number of ketones is 1. The zero-order valence-electron chi connectivity index (χ0n) is 12.9. The highest BCUT2D eigenvalue weighted by Crippen LogP contribution is 2.13. The van der Waals surface area contributed by atoms with Crippen molar-refractivity contribution in [3.05, 3.63) is 64.6 Å². The van der Waals surface area contributed by atoms with Gasteiger partial charge >= 0.3 is 5.97 Å². The molecule has 0 spiro atoms. The number of carbonyl (C=O) groups excluding carboxylic acids is 2. The first-order valence-corrected chi connectivity index (χ1v) is 7.04. The van der Waals surface area contributed by atoms with Crippen molar-refractivity contribution in [3.8, 4) is 5.75 Å². The van der Waals surface area contributed by atoms with Crippen molar-refractivity contribution in [1.29, 1.82) is 0 Å². The Balaban J connectivity index is 1.98. The molecule has 0 amide bonds. The predicted octanol–water partition coefficient (Wildman–Crippen LogP) is 1.67. The number of aromatic nitrogens is 1. The molecule has 1 aromatic carbocycles. The molecule has 6 nitrogen and oxygen atoms in total. The zero-order chi connectivity index (χ0) is 16.8. The Labute approximate surface area is 133 Å². The molecular formula is C17H17NO5. The van der Waals surface area contributed by atoms with E-state index >= 15 is 0 Å². The third-order valence-corrected chi connectivity index (χ3v) is 3.25. The Morgan fingerprint density at radius 2 is 1.83 bits per heavy atom. The summed E-state index contributed by atoms with van der Waals surface area (Å²) in [6.45, 7) is 1.26. The fourth-order valence-electron chi connectivity index (χ4n) is 2.01. The maximum atomic E-state index is 12.2. The van der Waals surface area contributed by atoms with Gasteiger partial charge in [-0.15, -0.1) is 0 Å². The average molecular weight is 315 g/mol. The van der Waals surface area contributed by atoms with E-state index < -0.39 is 12.1 Å². The van der Waals surface area contributed by atoms with Crippen molar-refractivity contribution in [2.24, 2.45) is 0 Å². The van der Waals surface area contributed by atoms with Crippen LogP contribution in [-0.4, -0.2) is 29.5 Å². The standard InChI is InChI=1S/C17H17NO5/c1-12(17(21)13-6-8-14(22-2)9-7-13)23-16(20)11-18-10-4-3-5-15(18)19/h3-10,12H,11H2,1-2H3/t12-/m1/s1. The smallest absolute Gasteiger partial charge is 0.326 e. The number of hydrogen-bond acceptors (Lipinski definition) is 5. The fraction of sp³-hybridized carbons (Fsp3) is 0.235. The number of ether oxygens (including phenoxy) is 2. The molecule has 0 unspecified atom stereocenters. The first-order valence-electron chi connectivity index (χ1n) is 7.04. The summed E-state index contributed by atoms with van der Waals surface area (Å²) in [7, 11) is 1.53. The number of Topliss-reactive ketones (excluding diaryl/α,β-unsaturated/α-hetero) is 1. The molecule has 0 fully saturated rings. The molecule has 0 saturated heterocycles. The van der Waals surface area contributed by atoms with Crippen LogP contribution in [0, 0.1) is 0 Å². The van der Waals surface area contributed by atoms with Crippen molar-refractivity contribution >= 4 is 11.8 Å². The monoisotopic (exact) mass is 315 g/mol. The number of methoxy groups -OCH3 is 1. The highest BCUT2D eigenvalue weighted by Gasteiger charge is 2.19. The SMILES string of the molecule is COc1ccc(C(=O)[C@@H](C)OC(=O)Cn2ccccc2=O)cc1. The Bertz CT molecular complexity index is 748.